The predicted molar refractivity (Wildman–Crippen MR) is 85.7 cm³/mol. The van der Waals surface area contributed by atoms with Gasteiger partial charge in [0.2, 0.25) is 0 Å². The Kier molecular flexibility index (Phi) is 6.06. The Labute approximate surface area is 129 Å². The van der Waals surface area contributed by atoms with E-state index >= 15 is 0 Å². The molecular formula is C16H25NO3S. The molecule has 0 aromatic heterocycles. The molecule has 4 nitrogen and oxygen atoms in total. The van der Waals surface area contributed by atoms with Crippen molar-refractivity contribution >= 4 is 10.8 Å². The first-order valence-electron chi connectivity index (χ1n) is 7.71. The maximum absolute atomic E-state index is 12.8. The predicted octanol–water partition coefficient (Wildman–Crippen LogP) is 2.73. The van der Waals surface area contributed by atoms with Crippen LogP contribution in [0, 0.1) is 0 Å². The summed E-state index contributed by atoms with van der Waals surface area (Å²) < 4.78 is 24.1. The van der Waals surface area contributed by atoms with Crippen LogP contribution in [0.15, 0.2) is 23.1 Å². The van der Waals surface area contributed by atoms with E-state index in [-0.39, 0.29) is 11.3 Å². The molecule has 0 aliphatic carbocycles. The smallest absolute Gasteiger partial charge is 0.162 e. The Morgan fingerprint density at radius 1 is 1.24 bits per heavy atom. The summed E-state index contributed by atoms with van der Waals surface area (Å²) in [5.41, 5.74) is 0. The summed E-state index contributed by atoms with van der Waals surface area (Å²) in [5.74, 6) is 1.46. The van der Waals surface area contributed by atoms with Gasteiger partial charge in [0.1, 0.15) is 0 Å². The zero-order valence-electron chi connectivity index (χ0n) is 13.1. The molecular weight excluding hydrogens is 286 g/mol. The van der Waals surface area contributed by atoms with Crippen molar-refractivity contribution in [1.29, 1.82) is 0 Å². The molecule has 1 aliphatic rings. The summed E-state index contributed by atoms with van der Waals surface area (Å²) in [6.45, 7) is 8.44. The Morgan fingerprint density at radius 3 is 2.62 bits per heavy atom. The molecule has 0 saturated heterocycles. The van der Waals surface area contributed by atoms with Crippen LogP contribution < -0.4 is 14.8 Å². The Morgan fingerprint density at radius 2 is 1.95 bits per heavy atom. The molecule has 0 spiro atoms. The molecule has 3 unspecified atom stereocenters. The number of hydrogen-bond acceptors (Lipinski definition) is 4. The first kappa shape index (κ1) is 16.3. The van der Waals surface area contributed by atoms with Gasteiger partial charge in [0, 0.05) is 23.4 Å². The fourth-order valence-corrected chi connectivity index (χ4v) is 3.98. The average molecular weight is 311 g/mol. The molecule has 5 heteroatoms. The highest BCUT2D eigenvalue weighted by Crippen LogP contribution is 2.32. The van der Waals surface area contributed by atoms with Gasteiger partial charge in [-0.25, -0.2) is 0 Å². The number of nitrogens with one attached hydrogen (secondary N) is 1. The van der Waals surface area contributed by atoms with Gasteiger partial charge < -0.3 is 14.8 Å². The highest BCUT2D eigenvalue weighted by Gasteiger charge is 2.23. The van der Waals surface area contributed by atoms with E-state index in [0.717, 1.165) is 30.0 Å². The molecule has 1 aromatic rings. The number of rotatable bonds is 6. The van der Waals surface area contributed by atoms with E-state index in [2.05, 4.69) is 19.2 Å². The zero-order chi connectivity index (χ0) is 15.2. The molecule has 0 amide bonds. The van der Waals surface area contributed by atoms with Gasteiger partial charge in [-0.3, -0.25) is 4.21 Å². The maximum Gasteiger partial charge on any atom is 0.162 e. The van der Waals surface area contributed by atoms with Crippen LogP contribution >= 0.6 is 0 Å². The van der Waals surface area contributed by atoms with E-state index in [1.54, 1.807) is 0 Å². The molecule has 0 radical (unpaired) electrons. The van der Waals surface area contributed by atoms with Crippen LogP contribution in [0.3, 0.4) is 0 Å². The van der Waals surface area contributed by atoms with E-state index in [1.165, 1.54) is 0 Å². The molecule has 3 atom stereocenters. The molecule has 0 saturated carbocycles. The quantitative estimate of drug-likeness (QED) is 0.877. The van der Waals surface area contributed by atoms with Gasteiger partial charge in [-0.2, -0.15) is 0 Å². The van der Waals surface area contributed by atoms with Crippen LogP contribution in [0.4, 0.5) is 0 Å². The molecule has 21 heavy (non-hydrogen) atoms. The summed E-state index contributed by atoms with van der Waals surface area (Å²) in [4.78, 5) is 0.808. The first-order chi connectivity index (χ1) is 10.2. The van der Waals surface area contributed by atoms with E-state index in [0.29, 0.717) is 19.0 Å². The summed E-state index contributed by atoms with van der Waals surface area (Å²) in [6, 6.07) is 5.88. The number of benzene rings is 1. The Hall–Kier alpha value is -1.07. The van der Waals surface area contributed by atoms with Gasteiger partial charge in [0.15, 0.2) is 11.5 Å². The normalized spacial score (nSPS) is 18.6. The van der Waals surface area contributed by atoms with Crippen molar-refractivity contribution < 1.29 is 13.7 Å². The third-order valence-corrected chi connectivity index (χ3v) is 5.48. The SMILES string of the molecule is CCNC(CC)C(C)S(=O)c1ccc2c(c1)OCCCO2. The molecule has 1 aliphatic heterocycles. The van der Waals surface area contributed by atoms with Crippen LogP contribution in [0.5, 0.6) is 11.5 Å². The van der Waals surface area contributed by atoms with Crippen molar-refractivity contribution in [2.45, 2.75) is 49.8 Å². The molecule has 1 aromatic carbocycles. The van der Waals surface area contributed by atoms with Gasteiger partial charge in [0.05, 0.1) is 29.3 Å². The van der Waals surface area contributed by atoms with E-state index in [9.17, 15) is 4.21 Å². The maximum atomic E-state index is 12.8. The van der Waals surface area contributed by atoms with Gasteiger partial charge in [-0.1, -0.05) is 13.8 Å². The van der Waals surface area contributed by atoms with Crippen molar-refractivity contribution in [2.24, 2.45) is 0 Å². The van der Waals surface area contributed by atoms with Gasteiger partial charge >= 0.3 is 0 Å². The Balaban J connectivity index is 2.17. The van der Waals surface area contributed by atoms with Crippen molar-refractivity contribution in [3.63, 3.8) is 0 Å². The summed E-state index contributed by atoms with van der Waals surface area (Å²) >= 11 is 0. The minimum Gasteiger partial charge on any atom is -0.490 e. The van der Waals surface area contributed by atoms with Gasteiger partial charge in [-0.15, -0.1) is 0 Å². The van der Waals surface area contributed by atoms with Gasteiger partial charge in [0.25, 0.3) is 0 Å². The second-order valence-electron chi connectivity index (χ2n) is 5.23. The topological polar surface area (TPSA) is 47.6 Å². The summed E-state index contributed by atoms with van der Waals surface area (Å²) in [5, 5.41) is 3.46. The first-order valence-corrected chi connectivity index (χ1v) is 8.92. The van der Waals surface area contributed by atoms with Crippen molar-refractivity contribution in [2.75, 3.05) is 19.8 Å². The van der Waals surface area contributed by atoms with Crippen LogP contribution in [-0.2, 0) is 10.8 Å². The van der Waals surface area contributed by atoms with Crippen LogP contribution in [0.1, 0.15) is 33.6 Å². The third-order valence-electron chi connectivity index (χ3n) is 3.76. The van der Waals surface area contributed by atoms with Crippen LogP contribution in [0.25, 0.3) is 0 Å². The third kappa shape index (κ3) is 3.98. The highest BCUT2D eigenvalue weighted by molar-refractivity contribution is 7.85. The van der Waals surface area contributed by atoms with E-state index in [4.69, 9.17) is 9.47 Å². The van der Waals surface area contributed by atoms with E-state index in [1.807, 2.05) is 25.1 Å². The lowest BCUT2D eigenvalue weighted by atomic mass is 10.2. The van der Waals surface area contributed by atoms with Crippen molar-refractivity contribution in [3.8, 4) is 11.5 Å². The molecule has 0 fully saturated rings. The highest BCUT2D eigenvalue weighted by atomic mass is 32.2. The average Bonchev–Trinajstić information content (AvgIpc) is 2.75. The molecule has 118 valence electrons. The monoisotopic (exact) mass is 311 g/mol. The minimum absolute atomic E-state index is 0.0553. The second kappa shape index (κ2) is 7.80. The number of hydrogen-bond donors (Lipinski definition) is 1. The molecule has 0 bridgehead atoms. The van der Waals surface area contributed by atoms with Crippen molar-refractivity contribution in [1.82, 2.24) is 5.32 Å². The molecule has 1 heterocycles. The second-order valence-corrected chi connectivity index (χ2v) is 7.04. The largest absolute Gasteiger partial charge is 0.490 e. The van der Waals surface area contributed by atoms with Crippen LogP contribution in [-0.4, -0.2) is 35.3 Å². The fourth-order valence-electron chi connectivity index (χ4n) is 2.54. The van der Waals surface area contributed by atoms with Gasteiger partial charge in [-0.05, 0) is 32.0 Å². The minimum atomic E-state index is -1.06. The number of fused-ring (bicyclic) bond motifs is 1. The van der Waals surface area contributed by atoms with Crippen LogP contribution in [0.2, 0.25) is 0 Å². The standard InChI is InChI=1S/C16H25NO3S/c1-4-14(17-5-2)12(3)21(18)13-7-8-15-16(11-13)20-10-6-9-19-15/h7-8,11-12,14,17H,4-6,9-10H2,1-3H3. The lowest BCUT2D eigenvalue weighted by Gasteiger charge is -2.23. The lowest BCUT2D eigenvalue weighted by molar-refractivity contribution is 0.297. The summed E-state index contributed by atoms with van der Waals surface area (Å²) in [6.07, 6.45) is 1.84. The lowest BCUT2D eigenvalue weighted by Crippen LogP contribution is -2.39. The number of ether oxygens (including phenoxy) is 2. The molecule has 2 rings (SSSR count). The summed E-state index contributed by atoms with van der Waals surface area (Å²) in [7, 11) is -1.06. The van der Waals surface area contributed by atoms with Crippen molar-refractivity contribution in [3.05, 3.63) is 18.2 Å². The zero-order valence-corrected chi connectivity index (χ0v) is 13.9. The molecule has 1 N–H and O–H groups in total. The Bertz CT molecular complexity index is 492. The van der Waals surface area contributed by atoms with E-state index < -0.39 is 10.8 Å². The fraction of sp³-hybridized carbons (Fsp3) is 0.625.